The molecular formula is C49H31NOS. The first-order valence-electron chi connectivity index (χ1n) is 17.8. The van der Waals surface area contributed by atoms with Crippen LogP contribution < -0.4 is 4.90 Å². The molecule has 0 atom stereocenters. The Morgan fingerprint density at radius 3 is 1.81 bits per heavy atom. The molecule has 0 unspecified atom stereocenters. The van der Waals surface area contributed by atoms with Gasteiger partial charge >= 0.3 is 0 Å². The van der Waals surface area contributed by atoms with Gasteiger partial charge in [0.2, 0.25) is 0 Å². The first-order valence-corrected chi connectivity index (χ1v) is 18.6. The van der Waals surface area contributed by atoms with Gasteiger partial charge in [0.05, 0.1) is 11.1 Å². The summed E-state index contributed by atoms with van der Waals surface area (Å²) in [7, 11) is 0. The highest BCUT2D eigenvalue weighted by Crippen LogP contribution is 2.56. The molecule has 0 saturated carbocycles. The molecular weight excluding hydrogens is 651 g/mol. The van der Waals surface area contributed by atoms with Crippen LogP contribution in [0.15, 0.2) is 192 Å². The van der Waals surface area contributed by atoms with E-state index in [0.29, 0.717) is 0 Å². The molecule has 11 rings (SSSR count). The zero-order chi connectivity index (χ0) is 34.2. The van der Waals surface area contributed by atoms with Gasteiger partial charge in [0.1, 0.15) is 11.2 Å². The first-order chi connectivity index (χ1) is 25.8. The van der Waals surface area contributed by atoms with E-state index in [1.165, 1.54) is 53.6 Å². The minimum Gasteiger partial charge on any atom is -0.456 e. The molecule has 3 heteroatoms. The summed E-state index contributed by atoms with van der Waals surface area (Å²) in [5.41, 5.74) is 12.3. The number of hydrogen-bond acceptors (Lipinski definition) is 3. The lowest BCUT2D eigenvalue weighted by molar-refractivity contribution is 0.669. The summed E-state index contributed by atoms with van der Waals surface area (Å²) in [5.74, 6) is 0. The summed E-state index contributed by atoms with van der Waals surface area (Å²) in [5, 5.41) is 4.79. The van der Waals surface area contributed by atoms with Crippen LogP contribution in [0.2, 0.25) is 0 Å². The minimum absolute atomic E-state index is 0.450. The quantitative estimate of drug-likeness (QED) is 0.180. The molecule has 8 aromatic carbocycles. The van der Waals surface area contributed by atoms with Crippen molar-refractivity contribution in [1.29, 1.82) is 0 Å². The maximum atomic E-state index is 6.45. The van der Waals surface area contributed by atoms with Crippen LogP contribution in [0.4, 0.5) is 17.1 Å². The molecule has 0 N–H and O–H groups in total. The minimum atomic E-state index is -0.450. The Hall–Kier alpha value is -6.42. The Bertz CT molecular complexity index is 2930. The van der Waals surface area contributed by atoms with Gasteiger partial charge in [-0.25, -0.2) is 0 Å². The van der Waals surface area contributed by atoms with Crippen molar-refractivity contribution in [2.45, 2.75) is 5.41 Å². The number of thiophene rings is 1. The monoisotopic (exact) mass is 681 g/mol. The van der Waals surface area contributed by atoms with Crippen LogP contribution in [0.3, 0.4) is 0 Å². The normalized spacial score (nSPS) is 13.2. The van der Waals surface area contributed by atoms with Crippen LogP contribution in [0.25, 0.3) is 53.2 Å². The lowest BCUT2D eigenvalue weighted by atomic mass is 9.68. The van der Waals surface area contributed by atoms with Crippen molar-refractivity contribution in [2.24, 2.45) is 0 Å². The number of nitrogens with zero attached hydrogens (tertiary/aromatic N) is 1. The van der Waals surface area contributed by atoms with Crippen LogP contribution >= 0.6 is 11.3 Å². The molecule has 10 aromatic rings. The molecule has 0 aliphatic heterocycles. The SMILES string of the molecule is c1ccc(C2(c3ccc(N(c4ccc5c(c4)oc4ccccc45)c4cccc5sc6ccccc6c45)cc3)c3ccccc3-c3ccccc32)cc1. The maximum absolute atomic E-state index is 6.45. The Morgan fingerprint density at radius 2 is 1.02 bits per heavy atom. The number of rotatable bonds is 5. The lowest BCUT2D eigenvalue weighted by Gasteiger charge is -2.34. The van der Waals surface area contributed by atoms with E-state index in [1.807, 2.05) is 23.5 Å². The second-order valence-corrected chi connectivity index (χ2v) is 14.7. The molecule has 2 heterocycles. The standard InChI is InChI=1S/C49H31NOS/c1-2-13-32(14-3-1)49(41-19-8-4-15-36(41)37-16-5-9-20-42(37)49)33-25-27-34(28-26-33)50(35-29-30-39-38-17-6-10-22-44(38)51-45(39)31-35)43-21-12-24-47-48(43)40-18-7-11-23-46(40)52-47/h1-31H. The molecule has 0 spiro atoms. The number of para-hydroxylation sites is 1. The molecule has 0 saturated heterocycles. The average Bonchev–Trinajstić information content (AvgIpc) is 3.87. The van der Waals surface area contributed by atoms with Gasteiger partial charge in [0, 0.05) is 48.4 Å². The predicted octanol–water partition coefficient (Wildman–Crippen LogP) is 13.8. The molecule has 2 aromatic heterocycles. The summed E-state index contributed by atoms with van der Waals surface area (Å²) in [6, 6.07) is 68.5. The van der Waals surface area contributed by atoms with Crippen LogP contribution in [0, 0.1) is 0 Å². The zero-order valence-corrected chi connectivity index (χ0v) is 29.0. The Morgan fingerprint density at radius 1 is 0.423 bits per heavy atom. The molecule has 1 aliphatic carbocycles. The fourth-order valence-corrected chi connectivity index (χ4v) is 9.92. The second-order valence-electron chi connectivity index (χ2n) is 13.6. The van der Waals surface area contributed by atoms with Crippen molar-refractivity contribution >= 4 is 70.5 Å². The highest BCUT2D eigenvalue weighted by molar-refractivity contribution is 7.26. The summed E-state index contributed by atoms with van der Waals surface area (Å²) < 4.78 is 9.01. The molecule has 1 aliphatic rings. The van der Waals surface area contributed by atoms with Crippen LogP contribution in [-0.2, 0) is 5.41 Å². The van der Waals surface area contributed by atoms with Crippen molar-refractivity contribution < 1.29 is 4.42 Å². The third-order valence-corrected chi connectivity index (χ3v) is 12.1. The van der Waals surface area contributed by atoms with Crippen LogP contribution in [0.5, 0.6) is 0 Å². The van der Waals surface area contributed by atoms with Crippen LogP contribution in [-0.4, -0.2) is 0 Å². The fraction of sp³-hybridized carbons (Fsp3) is 0.0204. The second kappa shape index (κ2) is 11.3. The van der Waals surface area contributed by atoms with Crippen molar-refractivity contribution in [2.75, 3.05) is 4.90 Å². The van der Waals surface area contributed by atoms with Gasteiger partial charge in [0.15, 0.2) is 0 Å². The molecule has 0 radical (unpaired) electrons. The fourth-order valence-electron chi connectivity index (χ4n) is 8.80. The van der Waals surface area contributed by atoms with Gasteiger partial charge in [0.25, 0.3) is 0 Å². The Labute approximate surface area is 305 Å². The number of anilines is 3. The summed E-state index contributed by atoms with van der Waals surface area (Å²) >= 11 is 1.85. The van der Waals surface area contributed by atoms with E-state index in [0.717, 1.165) is 39.0 Å². The highest BCUT2D eigenvalue weighted by Gasteiger charge is 2.45. The molecule has 2 nitrogen and oxygen atoms in total. The van der Waals surface area contributed by atoms with Crippen molar-refractivity contribution in [3.8, 4) is 11.1 Å². The largest absolute Gasteiger partial charge is 0.456 e. The molecule has 0 amide bonds. The number of furan rings is 1. The molecule has 0 fully saturated rings. The van der Waals surface area contributed by atoms with Gasteiger partial charge in [-0.15, -0.1) is 11.3 Å². The molecule has 52 heavy (non-hydrogen) atoms. The van der Waals surface area contributed by atoms with Crippen molar-refractivity contribution in [1.82, 2.24) is 0 Å². The molecule has 0 bridgehead atoms. The Kier molecular flexibility index (Phi) is 6.37. The lowest BCUT2D eigenvalue weighted by Crippen LogP contribution is -2.28. The average molecular weight is 682 g/mol. The Balaban J connectivity index is 1.15. The maximum Gasteiger partial charge on any atom is 0.137 e. The van der Waals surface area contributed by atoms with E-state index in [1.54, 1.807) is 0 Å². The smallest absolute Gasteiger partial charge is 0.137 e. The van der Waals surface area contributed by atoms with E-state index in [4.69, 9.17) is 4.42 Å². The highest BCUT2D eigenvalue weighted by atomic mass is 32.1. The predicted molar refractivity (Wildman–Crippen MR) is 219 cm³/mol. The van der Waals surface area contributed by atoms with Gasteiger partial charge in [-0.2, -0.15) is 0 Å². The summed E-state index contributed by atoms with van der Waals surface area (Å²) in [6.07, 6.45) is 0. The number of fused-ring (bicyclic) bond motifs is 9. The zero-order valence-electron chi connectivity index (χ0n) is 28.2. The van der Waals surface area contributed by atoms with E-state index in [2.05, 4.69) is 181 Å². The van der Waals surface area contributed by atoms with Gasteiger partial charge < -0.3 is 9.32 Å². The van der Waals surface area contributed by atoms with E-state index in [-0.39, 0.29) is 0 Å². The van der Waals surface area contributed by atoms with E-state index >= 15 is 0 Å². The molecule has 244 valence electrons. The van der Waals surface area contributed by atoms with E-state index < -0.39 is 5.41 Å². The third kappa shape index (κ3) is 4.11. The van der Waals surface area contributed by atoms with Gasteiger partial charge in [-0.1, -0.05) is 133 Å². The summed E-state index contributed by atoms with van der Waals surface area (Å²) in [4.78, 5) is 2.41. The summed E-state index contributed by atoms with van der Waals surface area (Å²) in [6.45, 7) is 0. The number of benzene rings is 8. The number of hydrogen-bond donors (Lipinski definition) is 0. The van der Waals surface area contributed by atoms with E-state index in [9.17, 15) is 0 Å². The van der Waals surface area contributed by atoms with Gasteiger partial charge in [-0.05, 0) is 81.9 Å². The first kappa shape index (κ1) is 29.3. The topological polar surface area (TPSA) is 16.4 Å². The third-order valence-electron chi connectivity index (χ3n) is 11.0. The van der Waals surface area contributed by atoms with Crippen molar-refractivity contribution in [3.63, 3.8) is 0 Å². The van der Waals surface area contributed by atoms with Gasteiger partial charge in [-0.3, -0.25) is 0 Å². The van der Waals surface area contributed by atoms with Crippen LogP contribution in [0.1, 0.15) is 22.3 Å². The van der Waals surface area contributed by atoms with Crippen molar-refractivity contribution in [3.05, 3.63) is 210 Å².